The number of aromatic nitrogens is 1. The fourth-order valence-electron chi connectivity index (χ4n) is 2.37. The average molecular weight is 318 g/mol. The molecular formula is C19H18N4O. The molecule has 0 saturated heterocycles. The van der Waals surface area contributed by atoms with Crippen LogP contribution in [0.15, 0.2) is 72.1 Å². The van der Waals surface area contributed by atoms with Crippen LogP contribution in [0.3, 0.4) is 0 Å². The standard InChI is InChI=1S/C19H18N4O/c1-14(19(24)23-21-13-15-9-11-20-12-10-15)22-18-8-4-6-16-5-2-3-7-17(16)18/h2-14,22H,1H3,(H,23,24)/b21-13+. The number of pyridine rings is 1. The molecule has 2 aromatic carbocycles. The predicted molar refractivity (Wildman–Crippen MR) is 97.0 cm³/mol. The number of nitrogens with one attached hydrogen (secondary N) is 2. The van der Waals surface area contributed by atoms with Gasteiger partial charge in [-0.3, -0.25) is 9.78 Å². The maximum atomic E-state index is 12.2. The summed E-state index contributed by atoms with van der Waals surface area (Å²) < 4.78 is 0. The van der Waals surface area contributed by atoms with Crippen molar-refractivity contribution in [2.75, 3.05) is 5.32 Å². The predicted octanol–water partition coefficient (Wildman–Crippen LogP) is 3.19. The van der Waals surface area contributed by atoms with Crippen LogP contribution in [0.5, 0.6) is 0 Å². The fraction of sp³-hybridized carbons (Fsp3) is 0.105. The van der Waals surface area contributed by atoms with Crippen LogP contribution in [0.4, 0.5) is 5.69 Å². The van der Waals surface area contributed by atoms with E-state index >= 15 is 0 Å². The third-order valence-corrected chi connectivity index (χ3v) is 3.65. The van der Waals surface area contributed by atoms with Crippen molar-refractivity contribution in [2.45, 2.75) is 13.0 Å². The highest BCUT2D eigenvalue weighted by molar-refractivity contribution is 5.96. The number of hydrogen-bond donors (Lipinski definition) is 2. The molecule has 1 atom stereocenters. The number of rotatable bonds is 5. The minimum Gasteiger partial charge on any atom is -0.373 e. The van der Waals surface area contributed by atoms with Crippen molar-refractivity contribution in [3.8, 4) is 0 Å². The Morgan fingerprint density at radius 3 is 2.67 bits per heavy atom. The highest BCUT2D eigenvalue weighted by atomic mass is 16.2. The van der Waals surface area contributed by atoms with Gasteiger partial charge in [0.1, 0.15) is 6.04 Å². The van der Waals surface area contributed by atoms with E-state index in [2.05, 4.69) is 20.8 Å². The number of fused-ring (bicyclic) bond motifs is 1. The molecule has 0 bridgehead atoms. The second-order valence-corrected chi connectivity index (χ2v) is 5.41. The monoisotopic (exact) mass is 318 g/mol. The third kappa shape index (κ3) is 3.76. The van der Waals surface area contributed by atoms with Crippen LogP contribution in [0.25, 0.3) is 10.8 Å². The number of carbonyl (C=O) groups excluding carboxylic acids is 1. The van der Waals surface area contributed by atoms with E-state index in [4.69, 9.17) is 0 Å². The zero-order valence-corrected chi connectivity index (χ0v) is 13.3. The van der Waals surface area contributed by atoms with Gasteiger partial charge in [-0.1, -0.05) is 36.4 Å². The number of hydrogen-bond acceptors (Lipinski definition) is 4. The van der Waals surface area contributed by atoms with Crippen LogP contribution in [-0.4, -0.2) is 23.1 Å². The quantitative estimate of drug-likeness (QED) is 0.561. The Morgan fingerprint density at radius 2 is 1.83 bits per heavy atom. The molecule has 1 unspecified atom stereocenters. The van der Waals surface area contributed by atoms with Gasteiger partial charge in [0.25, 0.3) is 5.91 Å². The molecule has 0 aliphatic heterocycles. The summed E-state index contributed by atoms with van der Waals surface area (Å²) in [5.41, 5.74) is 4.35. The zero-order valence-electron chi connectivity index (χ0n) is 13.3. The smallest absolute Gasteiger partial charge is 0.262 e. The Balaban J connectivity index is 1.64. The summed E-state index contributed by atoms with van der Waals surface area (Å²) in [6, 6.07) is 17.3. The Morgan fingerprint density at radius 1 is 1.08 bits per heavy atom. The van der Waals surface area contributed by atoms with Crippen molar-refractivity contribution >= 4 is 28.6 Å². The van der Waals surface area contributed by atoms with Gasteiger partial charge in [0.2, 0.25) is 0 Å². The van der Waals surface area contributed by atoms with Crippen molar-refractivity contribution < 1.29 is 4.79 Å². The van der Waals surface area contributed by atoms with Crippen molar-refractivity contribution in [3.63, 3.8) is 0 Å². The van der Waals surface area contributed by atoms with Crippen molar-refractivity contribution in [1.82, 2.24) is 10.4 Å². The molecular weight excluding hydrogens is 300 g/mol. The first-order valence-electron chi connectivity index (χ1n) is 7.71. The van der Waals surface area contributed by atoms with Gasteiger partial charge in [0.05, 0.1) is 6.21 Å². The molecule has 5 heteroatoms. The van der Waals surface area contributed by atoms with Crippen LogP contribution in [-0.2, 0) is 4.79 Å². The molecule has 2 N–H and O–H groups in total. The highest BCUT2D eigenvalue weighted by Gasteiger charge is 2.12. The maximum absolute atomic E-state index is 12.2. The number of anilines is 1. The van der Waals surface area contributed by atoms with E-state index < -0.39 is 6.04 Å². The maximum Gasteiger partial charge on any atom is 0.262 e. The largest absolute Gasteiger partial charge is 0.373 e. The van der Waals surface area contributed by atoms with E-state index in [9.17, 15) is 4.79 Å². The van der Waals surface area contributed by atoms with Gasteiger partial charge in [-0.15, -0.1) is 0 Å². The first kappa shape index (κ1) is 15.7. The molecule has 3 rings (SSSR count). The summed E-state index contributed by atoms with van der Waals surface area (Å²) in [7, 11) is 0. The van der Waals surface area contributed by atoms with E-state index in [1.807, 2.05) is 54.6 Å². The normalized spacial score (nSPS) is 12.2. The van der Waals surface area contributed by atoms with Gasteiger partial charge < -0.3 is 5.32 Å². The molecule has 0 saturated carbocycles. The number of carbonyl (C=O) groups is 1. The average Bonchev–Trinajstić information content (AvgIpc) is 2.63. The number of benzene rings is 2. The summed E-state index contributed by atoms with van der Waals surface area (Å²) in [6.45, 7) is 1.80. The zero-order chi connectivity index (χ0) is 16.8. The van der Waals surface area contributed by atoms with Crippen molar-refractivity contribution in [1.29, 1.82) is 0 Å². The van der Waals surface area contributed by atoms with Gasteiger partial charge in [-0.2, -0.15) is 5.10 Å². The first-order chi connectivity index (χ1) is 11.7. The molecule has 0 aliphatic carbocycles. The molecule has 0 spiro atoms. The van der Waals surface area contributed by atoms with E-state index in [1.165, 1.54) is 0 Å². The molecule has 24 heavy (non-hydrogen) atoms. The summed E-state index contributed by atoms with van der Waals surface area (Å²) in [6.07, 6.45) is 4.94. The lowest BCUT2D eigenvalue weighted by Gasteiger charge is -2.15. The van der Waals surface area contributed by atoms with E-state index in [-0.39, 0.29) is 5.91 Å². The number of nitrogens with zero attached hydrogens (tertiary/aromatic N) is 2. The second-order valence-electron chi connectivity index (χ2n) is 5.41. The van der Waals surface area contributed by atoms with E-state index in [1.54, 1.807) is 25.5 Å². The molecule has 1 heterocycles. The Bertz CT molecular complexity index is 856. The molecule has 0 fully saturated rings. The van der Waals surface area contributed by atoms with Gasteiger partial charge in [-0.05, 0) is 36.1 Å². The van der Waals surface area contributed by atoms with Crippen LogP contribution < -0.4 is 10.7 Å². The minimum absolute atomic E-state index is 0.201. The van der Waals surface area contributed by atoms with E-state index in [0.29, 0.717) is 0 Å². The Kier molecular flexibility index (Phi) is 4.81. The third-order valence-electron chi connectivity index (χ3n) is 3.65. The summed E-state index contributed by atoms with van der Waals surface area (Å²) in [5.74, 6) is -0.201. The van der Waals surface area contributed by atoms with E-state index in [0.717, 1.165) is 22.0 Å². The molecule has 1 aromatic heterocycles. The van der Waals surface area contributed by atoms with Gasteiger partial charge in [0.15, 0.2) is 0 Å². The SMILES string of the molecule is CC(Nc1cccc2ccccc12)C(=O)N/N=C/c1ccncc1. The van der Waals surface area contributed by atoms with Gasteiger partial charge >= 0.3 is 0 Å². The molecule has 120 valence electrons. The first-order valence-corrected chi connectivity index (χ1v) is 7.71. The van der Waals surface area contributed by atoms with Crippen molar-refractivity contribution in [3.05, 3.63) is 72.6 Å². The Hall–Kier alpha value is -3.21. The lowest BCUT2D eigenvalue weighted by molar-refractivity contribution is -0.121. The topological polar surface area (TPSA) is 66.4 Å². The van der Waals surface area contributed by atoms with Gasteiger partial charge in [0, 0.05) is 23.5 Å². The second kappa shape index (κ2) is 7.37. The lowest BCUT2D eigenvalue weighted by Crippen LogP contribution is -2.34. The van der Waals surface area contributed by atoms with Crippen LogP contribution in [0, 0.1) is 0 Å². The lowest BCUT2D eigenvalue weighted by atomic mass is 10.1. The summed E-state index contributed by atoms with van der Waals surface area (Å²) in [5, 5.41) is 9.43. The number of hydrazone groups is 1. The molecule has 5 nitrogen and oxygen atoms in total. The van der Waals surface area contributed by atoms with Crippen LogP contribution in [0.2, 0.25) is 0 Å². The Labute approximate surface area is 140 Å². The highest BCUT2D eigenvalue weighted by Crippen LogP contribution is 2.23. The van der Waals surface area contributed by atoms with Crippen LogP contribution in [0.1, 0.15) is 12.5 Å². The summed E-state index contributed by atoms with van der Waals surface area (Å²) in [4.78, 5) is 16.1. The van der Waals surface area contributed by atoms with Crippen LogP contribution >= 0.6 is 0 Å². The molecule has 1 amide bonds. The van der Waals surface area contributed by atoms with Gasteiger partial charge in [-0.25, -0.2) is 5.43 Å². The molecule has 3 aromatic rings. The molecule has 0 aliphatic rings. The fourth-order valence-corrected chi connectivity index (χ4v) is 2.37. The minimum atomic E-state index is -0.412. The summed E-state index contributed by atoms with van der Waals surface area (Å²) >= 11 is 0. The molecule has 0 radical (unpaired) electrons. The number of amides is 1. The van der Waals surface area contributed by atoms with Crippen molar-refractivity contribution in [2.24, 2.45) is 5.10 Å².